The van der Waals surface area contributed by atoms with E-state index in [9.17, 15) is 18.0 Å². The van der Waals surface area contributed by atoms with Crippen molar-refractivity contribution in [2.24, 2.45) is 5.73 Å². The summed E-state index contributed by atoms with van der Waals surface area (Å²) in [6.45, 7) is 1.75. The second kappa shape index (κ2) is 5.12. The summed E-state index contributed by atoms with van der Waals surface area (Å²) in [4.78, 5) is 11.8. The standard InChI is InChI=1S/C12H13F3N4O/c1-2-8(16)10-17-18-11(20)19(10)9-6-4-3-5-7(9)12(13,14)15/h3-6,8H,2,16H2,1H3,(H,18,20). The van der Waals surface area contributed by atoms with Crippen LogP contribution in [0.4, 0.5) is 13.2 Å². The number of hydrogen-bond acceptors (Lipinski definition) is 3. The van der Waals surface area contributed by atoms with Crippen molar-refractivity contribution >= 4 is 0 Å². The van der Waals surface area contributed by atoms with Crippen LogP contribution in [0, 0.1) is 0 Å². The fourth-order valence-corrected chi connectivity index (χ4v) is 1.88. The average Bonchev–Trinajstić information content (AvgIpc) is 2.78. The highest BCUT2D eigenvalue weighted by Gasteiger charge is 2.34. The van der Waals surface area contributed by atoms with E-state index >= 15 is 0 Å². The van der Waals surface area contributed by atoms with Crippen molar-refractivity contribution in [1.29, 1.82) is 0 Å². The molecule has 2 aromatic rings. The van der Waals surface area contributed by atoms with Gasteiger partial charge < -0.3 is 5.73 Å². The highest BCUT2D eigenvalue weighted by atomic mass is 19.4. The first kappa shape index (κ1) is 14.3. The van der Waals surface area contributed by atoms with Crippen molar-refractivity contribution in [3.8, 4) is 5.69 Å². The number of nitrogens with two attached hydrogens (primary N) is 1. The lowest BCUT2D eigenvalue weighted by Gasteiger charge is -2.15. The number of rotatable bonds is 3. The number of para-hydroxylation sites is 1. The van der Waals surface area contributed by atoms with E-state index in [1.807, 2.05) is 0 Å². The summed E-state index contributed by atoms with van der Waals surface area (Å²) < 4.78 is 39.9. The fourth-order valence-electron chi connectivity index (χ4n) is 1.88. The number of benzene rings is 1. The van der Waals surface area contributed by atoms with E-state index in [-0.39, 0.29) is 11.5 Å². The van der Waals surface area contributed by atoms with Crippen LogP contribution in [0.15, 0.2) is 29.1 Å². The largest absolute Gasteiger partial charge is 0.418 e. The van der Waals surface area contributed by atoms with Crippen LogP contribution in [-0.4, -0.2) is 14.8 Å². The Bertz CT molecular complexity index is 659. The Kier molecular flexibility index (Phi) is 3.67. The Morgan fingerprint density at radius 2 is 2.05 bits per heavy atom. The molecule has 0 amide bonds. The molecule has 0 aliphatic rings. The SMILES string of the molecule is CCC(N)c1n[nH]c(=O)n1-c1ccccc1C(F)(F)F. The molecule has 2 rings (SSSR count). The van der Waals surface area contributed by atoms with Crippen molar-refractivity contribution < 1.29 is 13.2 Å². The normalized spacial score (nSPS) is 13.4. The van der Waals surface area contributed by atoms with Crippen LogP contribution in [0.25, 0.3) is 5.69 Å². The molecule has 0 saturated heterocycles. The molecule has 1 aromatic carbocycles. The van der Waals surface area contributed by atoms with Gasteiger partial charge in [0.2, 0.25) is 0 Å². The molecule has 3 N–H and O–H groups in total. The zero-order valence-corrected chi connectivity index (χ0v) is 10.6. The molecule has 108 valence electrons. The lowest BCUT2D eigenvalue weighted by Crippen LogP contribution is -2.24. The van der Waals surface area contributed by atoms with Crippen LogP contribution in [-0.2, 0) is 6.18 Å². The predicted molar refractivity (Wildman–Crippen MR) is 66.4 cm³/mol. The van der Waals surface area contributed by atoms with Crippen LogP contribution in [0.3, 0.4) is 0 Å². The van der Waals surface area contributed by atoms with Gasteiger partial charge in [0.15, 0.2) is 5.82 Å². The average molecular weight is 286 g/mol. The van der Waals surface area contributed by atoms with Crippen molar-refractivity contribution in [3.05, 3.63) is 46.1 Å². The molecular weight excluding hydrogens is 273 g/mol. The monoisotopic (exact) mass is 286 g/mol. The molecule has 0 saturated carbocycles. The molecule has 0 fully saturated rings. The number of H-pyrrole nitrogens is 1. The maximum atomic E-state index is 13.0. The zero-order valence-electron chi connectivity index (χ0n) is 10.6. The summed E-state index contributed by atoms with van der Waals surface area (Å²) in [6, 6.07) is 4.18. The molecule has 1 atom stereocenters. The van der Waals surface area contributed by atoms with E-state index in [0.717, 1.165) is 10.6 Å². The number of nitrogens with zero attached hydrogens (tertiary/aromatic N) is 2. The molecular formula is C12H13F3N4O. The molecule has 1 aromatic heterocycles. The lowest BCUT2D eigenvalue weighted by atomic mass is 10.1. The topological polar surface area (TPSA) is 76.7 Å². The van der Waals surface area contributed by atoms with Crippen molar-refractivity contribution in [3.63, 3.8) is 0 Å². The van der Waals surface area contributed by atoms with Crippen LogP contribution in [0.2, 0.25) is 0 Å². The second-order valence-corrected chi connectivity index (χ2v) is 4.25. The maximum Gasteiger partial charge on any atom is 0.418 e. The van der Waals surface area contributed by atoms with Crippen LogP contribution in [0.1, 0.15) is 30.8 Å². The lowest BCUT2D eigenvalue weighted by molar-refractivity contribution is -0.137. The first-order valence-electron chi connectivity index (χ1n) is 5.95. The Hall–Kier alpha value is -2.09. The molecule has 20 heavy (non-hydrogen) atoms. The van der Waals surface area contributed by atoms with Crippen LogP contribution in [0.5, 0.6) is 0 Å². The van der Waals surface area contributed by atoms with E-state index in [1.165, 1.54) is 18.2 Å². The van der Waals surface area contributed by atoms with Gasteiger partial charge in [-0.15, -0.1) is 0 Å². The summed E-state index contributed by atoms with van der Waals surface area (Å²) in [5, 5.41) is 5.86. The Balaban J connectivity index is 2.70. The van der Waals surface area contributed by atoms with Crippen LogP contribution >= 0.6 is 0 Å². The Morgan fingerprint density at radius 1 is 1.40 bits per heavy atom. The van der Waals surface area contributed by atoms with Gasteiger partial charge in [0.05, 0.1) is 17.3 Å². The number of hydrogen-bond donors (Lipinski definition) is 2. The molecule has 8 heteroatoms. The minimum Gasteiger partial charge on any atom is -0.321 e. The van der Waals surface area contributed by atoms with E-state index in [0.29, 0.717) is 6.42 Å². The maximum absolute atomic E-state index is 13.0. The molecule has 0 radical (unpaired) electrons. The van der Waals surface area contributed by atoms with Crippen molar-refractivity contribution in [1.82, 2.24) is 14.8 Å². The third kappa shape index (κ3) is 2.46. The first-order valence-corrected chi connectivity index (χ1v) is 5.95. The second-order valence-electron chi connectivity index (χ2n) is 4.25. The summed E-state index contributed by atoms with van der Waals surface area (Å²) in [5.74, 6) is 0.0780. The molecule has 0 bridgehead atoms. The van der Waals surface area contributed by atoms with Gasteiger partial charge in [0, 0.05) is 0 Å². The highest BCUT2D eigenvalue weighted by molar-refractivity contribution is 5.43. The van der Waals surface area contributed by atoms with Crippen molar-refractivity contribution in [2.45, 2.75) is 25.6 Å². The molecule has 0 spiro atoms. The summed E-state index contributed by atoms with van der Waals surface area (Å²) in [6.07, 6.45) is -4.13. The minimum atomic E-state index is -4.57. The van der Waals surface area contributed by atoms with Gasteiger partial charge in [-0.2, -0.15) is 18.3 Å². The number of aromatic amines is 1. The highest BCUT2D eigenvalue weighted by Crippen LogP contribution is 2.33. The zero-order chi connectivity index (χ0) is 14.9. The van der Waals surface area contributed by atoms with E-state index in [1.54, 1.807) is 6.92 Å². The third-order valence-corrected chi connectivity index (χ3v) is 2.92. The molecule has 0 aliphatic carbocycles. The third-order valence-electron chi connectivity index (χ3n) is 2.92. The smallest absolute Gasteiger partial charge is 0.321 e. The number of aromatic nitrogens is 3. The minimum absolute atomic E-state index is 0.0780. The van der Waals surface area contributed by atoms with Crippen LogP contribution < -0.4 is 11.4 Å². The van der Waals surface area contributed by atoms with Gasteiger partial charge in [-0.3, -0.25) is 0 Å². The van der Waals surface area contributed by atoms with Gasteiger partial charge >= 0.3 is 11.9 Å². The predicted octanol–water partition coefficient (Wildman–Crippen LogP) is 1.99. The Morgan fingerprint density at radius 3 is 2.65 bits per heavy atom. The van der Waals surface area contributed by atoms with Crippen molar-refractivity contribution in [2.75, 3.05) is 0 Å². The summed E-state index contributed by atoms with van der Waals surface area (Å²) in [7, 11) is 0. The van der Waals surface area contributed by atoms with E-state index in [4.69, 9.17) is 5.73 Å². The molecule has 0 aliphatic heterocycles. The van der Waals surface area contributed by atoms with E-state index < -0.39 is 23.5 Å². The number of halogens is 3. The van der Waals surface area contributed by atoms with Gasteiger partial charge in [0.1, 0.15) is 0 Å². The van der Waals surface area contributed by atoms with E-state index in [2.05, 4.69) is 10.2 Å². The number of alkyl halides is 3. The first-order chi connectivity index (χ1) is 9.36. The molecule has 5 nitrogen and oxygen atoms in total. The summed E-state index contributed by atoms with van der Waals surface area (Å²) >= 11 is 0. The number of nitrogens with one attached hydrogen (secondary N) is 1. The quantitative estimate of drug-likeness (QED) is 0.906. The fraction of sp³-hybridized carbons (Fsp3) is 0.333. The van der Waals surface area contributed by atoms with Gasteiger partial charge in [-0.25, -0.2) is 14.5 Å². The molecule has 1 unspecified atom stereocenters. The van der Waals surface area contributed by atoms with Gasteiger partial charge in [0.25, 0.3) is 0 Å². The van der Waals surface area contributed by atoms with Gasteiger partial charge in [-0.1, -0.05) is 19.1 Å². The Labute approximate surface area is 112 Å². The van der Waals surface area contributed by atoms with Gasteiger partial charge in [-0.05, 0) is 18.6 Å². The summed E-state index contributed by atoms with van der Waals surface area (Å²) in [5.41, 5.74) is 3.84. The molecule has 1 heterocycles.